The SMILES string of the molecule is CC1CCCC(CNC(C)(C)C)(CN(C)C2CCCC2)C1. The summed E-state index contributed by atoms with van der Waals surface area (Å²) in [4.78, 5) is 2.70. The van der Waals surface area contributed by atoms with E-state index < -0.39 is 0 Å². The summed E-state index contributed by atoms with van der Waals surface area (Å²) in [6.45, 7) is 11.8. The van der Waals surface area contributed by atoms with Crippen LogP contribution in [0.2, 0.25) is 0 Å². The topological polar surface area (TPSA) is 15.3 Å². The third-order valence-corrected chi connectivity index (χ3v) is 5.71. The summed E-state index contributed by atoms with van der Waals surface area (Å²) in [5.74, 6) is 0.900. The first-order valence-corrected chi connectivity index (χ1v) is 9.25. The average molecular weight is 295 g/mol. The molecule has 1 N–H and O–H groups in total. The van der Waals surface area contributed by atoms with Crippen LogP contribution in [0.25, 0.3) is 0 Å². The van der Waals surface area contributed by atoms with Crippen molar-refractivity contribution in [3.63, 3.8) is 0 Å². The molecule has 2 aliphatic rings. The van der Waals surface area contributed by atoms with Crippen LogP contribution in [0.5, 0.6) is 0 Å². The Labute approximate surface area is 133 Å². The Morgan fingerprint density at radius 1 is 1.10 bits per heavy atom. The van der Waals surface area contributed by atoms with E-state index in [-0.39, 0.29) is 5.54 Å². The third-order valence-electron chi connectivity index (χ3n) is 5.71. The smallest absolute Gasteiger partial charge is 0.00967 e. The van der Waals surface area contributed by atoms with Gasteiger partial charge in [-0.2, -0.15) is 0 Å². The molecule has 0 spiro atoms. The molecule has 0 aromatic rings. The maximum Gasteiger partial charge on any atom is 0.00967 e. The Morgan fingerprint density at radius 2 is 1.76 bits per heavy atom. The largest absolute Gasteiger partial charge is 0.311 e. The molecule has 0 saturated heterocycles. The Hall–Kier alpha value is -0.0800. The Morgan fingerprint density at radius 3 is 2.33 bits per heavy atom. The second kappa shape index (κ2) is 7.00. The quantitative estimate of drug-likeness (QED) is 0.806. The van der Waals surface area contributed by atoms with Gasteiger partial charge in [0.15, 0.2) is 0 Å². The summed E-state index contributed by atoms with van der Waals surface area (Å²) in [6, 6.07) is 0.855. The van der Waals surface area contributed by atoms with E-state index in [1.165, 1.54) is 64.5 Å². The van der Waals surface area contributed by atoms with Gasteiger partial charge in [0.25, 0.3) is 0 Å². The Kier molecular flexibility index (Phi) is 5.76. The zero-order valence-electron chi connectivity index (χ0n) is 15.2. The van der Waals surface area contributed by atoms with Crippen molar-refractivity contribution < 1.29 is 0 Å². The van der Waals surface area contributed by atoms with E-state index in [1.807, 2.05) is 0 Å². The minimum atomic E-state index is 0.236. The summed E-state index contributed by atoms with van der Waals surface area (Å²) >= 11 is 0. The van der Waals surface area contributed by atoms with Crippen molar-refractivity contribution >= 4 is 0 Å². The molecule has 2 unspecified atom stereocenters. The predicted octanol–water partition coefficient (Wildman–Crippen LogP) is 4.45. The molecule has 0 amide bonds. The van der Waals surface area contributed by atoms with Gasteiger partial charge in [-0.3, -0.25) is 0 Å². The average Bonchev–Trinajstić information content (AvgIpc) is 2.89. The molecular formula is C19H38N2. The minimum Gasteiger partial charge on any atom is -0.311 e. The molecule has 2 aliphatic carbocycles. The maximum atomic E-state index is 3.82. The summed E-state index contributed by atoms with van der Waals surface area (Å²) in [5, 5.41) is 3.82. The molecule has 2 fully saturated rings. The number of hydrogen-bond acceptors (Lipinski definition) is 2. The third kappa shape index (κ3) is 5.25. The normalized spacial score (nSPS) is 32.0. The molecule has 2 nitrogen and oxygen atoms in total. The summed E-state index contributed by atoms with van der Waals surface area (Å²) in [6.07, 6.45) is 11.4. The van der Waals surface area contributed by atoms with Crippen LogP contribution in [0.3, 0.4) is 0 Å². The zero-order valence-corrected chi connectivity index (χ0v) is 15.2. The van der Waals surface area contributed by atoms with Gasteiger partial charge >= 0.3 is 0 Å². The summed E-state index contributed by atoms with van der Waals surface area (Å²) in [5.41, 5.74) is 0.738. The van der Waals surface area contributed by atoms with Gasteiger partial charge < -0.3 is 10.2 Å². The molecule has 0 aromatic carbocycles. The summed E-state index contributed by atoms with van der Waals surface area (Å²) in [7, 11) is 2.38. The molecule has 0 radical (unpaired) electrons. The molecule has 2 rings (SSSR count). The Bertz CT molecular complexity index is 314. The van der Waals surface area contributed by atoms with Gasteiger partial charge in [0, 0.05) is 24.7 Å². The van der Waals surface area contributed by atoms with Crippen molar-refractivity contribution in [2.75, 3.05) is 20.1 Å². The van der Waals surface area contributed by atoms with Crippen LogP contribution >= 0.6 is 0 Å². The van der Waals surface area contributed by atoms with Crippen LogP contribution in [-0.4, -0.2) is 36.6 Å². The first-order valence-electron chi connectivity index (χ1n) is 9.25. The van der Waals surface area contributed by atoms with Gasteiger partial charge in [-0.1, -0.05) is 32.6 Å². The van der Waals surface area contributed by atoms with Gasteiger partial charge in [0.1, 0.15) is 0 Å². The fourth-order valence-electron chi connectivity index (χ4n) is 4.58. The van der Waals surface area contributed by atoms with Crippen molar-refractivity contribution in [3.05, 3.63) is 0 Å². The van der Waals surface area contributed by atoms with E-state index in [0.717, 1.165) is 12.0 Å². The van der Waals surface area contributed by atoms with Crippen LogP contribution in [-0.2, 0) is 0 Å². The molecule has 0 bridgehead atoms. The molecule has 124 valence electrons. The highest BCUT2D eigenvalue weighted by molar-refractivity contribution is 4.92. The van der Waals surface area contributed by atoms with Gasteiger partial charge in [0.05, 0.1) is 0 Å². The van der Waals surface area contributed by atoms with E-state index in [2.05, 4.69) is 45.0 Å². The first kappa shape index (κ1) is 17.3. The minimum absolute atomic E-state index is 0.236. The van der Waals surface area contributed by atoms with Gasteiger partial charge in [-0.15, -0.1) is 0 Å². The predicted molar refractivity (Wildman–Crippen MR) is 92.7 cm³/mol. The highest BCUT2D eigenvalue weighted by atomic mass is 15.1. The zero-order chi connectivity index (χ0) is 15.5. The van der Waals surface area contributed by atoms with E-state index in [1.54, 1.807) is 0 Å². The van der Waals surface area contributed by atoms with Crippen LogP contribution in [0.1, 0.15) is 79.1 Å². The van der Waals surface area contributed by atoms with Gasteiger partial charge in [0.2, 0.25) is 0 Å². The molecule has 2 atom stereocenters. The Balaban J connectivity index is 2.00. The highest BCUT2D eigenvalue weighted by Gasteiger charge is 2.37. The number of nitrogens with one attached hydrogen (secondary N) is 1. The van der Waals surface area contributed by atoms with Crippen LogP contribution in [0.15, 0.2) is 0 Å². The number of rotatable bonds is 5. The second-order valence-electron chi connectivity index (χ2n) is 9.16. The molecule has 0 heterocycles. The standard InChI is InChI=1S/C19H38N2/c1-16-9-8-12-19(13-16,14-20-18(2,3)4)15-21(5)17-10-6-7-11-17/h16-17,20H,6-15H2,1-5H3. The van der Waals surface area contributed by atoms with Crippen molar-refractivity contribution in [2.45, 2.75) is 90.6 Å². The van der Waals surface area contributed by atoms with Crippen LogP contribution in [0, 0.1) is 11.3 Å². The van der Waals surface area contributed by atoms with Crippen molar-refractivity contribution in [2.24, 2.45) is 11.3 Å². The van der Waals surface area contributed by atoms with Crippen LogP contribution < -0.4 is 5.32 Å². The van der Waals surface area contributed by atoms with E-state index in [0.29, 0.717) is 5.41 Å². The molecular weight excluding hydrogens is 256 g/mol. The maximum absolute atomic E-state index is 3.82. The van der Waals surface area contributed by atoms with Crippen LogP contribution in [0.4, 0.5) is 0 Å². The monoisotopic (exact) mass is 294 g/mol. The van der Waals surface area contributed by atoms with E-state index >= 15 is 0 Å². The molecule has 0 aliphatic heterocycles. The van der Waals surface area contributed by atoms with Crippen molar-refractivity contribution in [3.8, 4) is 0 Å². The lowest BCUT2D eigenvalue weighted by atomic mass is 9.69. The lowest BCUT2D eigenvalue weighted by molar-refractivity contribution is 0.0676. The highest BCUT2D eigenvalue weighted by Crippen LogP contribution is 2.40. The molecule has 21 heavy (non-hydrogen) atoms. The second-order valence-corrected chi connectivity index (χ2v) is 9.16. The molecule has 2 saturated carbocycles. The summed E-state index contributed by atoms with van der Waals surface area (Å²) < 4.78 is 0. The lowest BCUT2D eigenvalue weighted by Gasteiger charge is -2.45. The fraction of sp³-hybridized carbons (Fsp3) is 1.00. The fourth-order valence-corrected chi connectivity index (χ4v) is 4.58. The van der Waals surface area contributed by atoms with Crippen molar-refractivity contribution in [1.82, 2.24) is 10.2 Å². The number of nitrogens with zero attached hydrogens (tertiary/aromatic N) is 1. The lowest BCUT2D eigenvalue weighted by Crippen LogP contribution is -2.51. The van der Waals surface area contributed by atoms with Gasteiger partial charge in [-0.25, -0.2) is 0 Å². The van der Waals surface area contributed by atoms with E-state index in [4.69, 9.17) is 0 Å². The molecule has 2 heteroatoms. The molecule has 0 aromatic heterocycles. The van der Waals surface area contributed by atoms with Gasteiger partial charge in [-0.05, 0) is 64.8 Å². The van der Waals surface area contributed by atoms with Crippen molar-refractivity contribution in [1.29, 1.82) is 0 Å². The number of hydrogen-bond donors (Lipinski definition) is 1. The first-order chi connectivity index (χ1) is 9.80. The van der Waals surface area contributed by atoms with E-state index in [9.17, 15) is 0 Å².